The van der Waals surface area contributed by atoms with Gasteiger partial charge in [-0.3, -0.25) is 9.59 Å². The van der Waals surface area contributed by atoms with Crippen molar-refractivity contribution in [2.45, 2.75) is 13.0 Å². The molecule has 0 radical (unpaired) electrons. The third-order valence-electron chi connectivity index (χ3n) is 5.85. The summed E-state index contributed by atoms with van der Waals surface area (Å²) in [7, 11) is 0. The van der Waals surface area contributed by atoms with E-state index in [-0.39, 0.29) is 22.6 Å². The number of nitrogens with zero attached hydrogens (tertiary/aromatic N) is 2. The van der Waals surface area contributed by atoms with Crippen LogP contribution >= 0.6 is 11.6 Å². The molecule has 0 aliphatic carbocycles. The summed E-state index contributed by atoms with van der Waals surface area (Å²) in [5.74, 6) is -0.959. The minimum atomic E-state index is -0.909. The number of benzene rings is 3. The van der Waals surface area contributed by atoms with Gasteiger partial charge in [0, 0.05) is 27.7 Å². The first kappa shape index (κ1) is 23.3. The fourth-order valence-corrected chi connectivity index (χ4v) is 4.28. The lowest BCUT2D eigenvalue weighted by atomic mass is 9.94. The first-order chi connectivity index (χ1) is 17.4. The van der Waals surface area contributed by atoms with Crippen LogP contribution in [-0.2, 0) is 4.79 Å². The summed E-state index contributed by atoms with van der Waals surface area (Å²) in [5.41, 5.74) is 2.40. The normalized spacial score (nSPS) is 14.6. The minimum absolute atomic E-state index is 0.249. The van der Waals surface area contributed by atoms with Gasteiger partial charge in [-0.25, -0.2) is 9.07 Å². The highest BCUT2D eigenvalue weighted by molar-refractivity contribution is 6.30. The van der Waals surface area contributed by atoms with E-state index in [0.717, 1.165) is 0 Å². The van der Waals surface area contributed by atoms with E-state index in [9.17, 15) is 9.59 Å². The summed E-state index contributed by atoms with van der Waals surface area (Å²) < 4.78 is 16.5. The number of rotatable bonds is 5. The second-order valence-corrected chi connectivity index (χ2v) is 8.66. The molecule has 0 unspecified atom stereocenters. The van der Waals surface area contributed by atoms with E-state index < -0.39 is 17.8 Å². The van der Waals surface area contributed by atoms with Crippen molar-refractivity contribution in [3.8, 4) is 0 Å². The highest BCUT2D eigenvalue weighted by Crippen LogP contribution is 2.38. The summed E-state index contributed by atoms with van der Waals surface area (Å²) in [4.78, 5) is 26.5. The van der Waals surface area contributed by atoms with Gasteiger partial charge in [0.1, 0.15) is 23.2 Å². The number of carbonyl (C=O) groups excluding carboxylic acids is 2. The molecule has 5 rings (SSSR count). The molecule has 7 nitrogen and oxygen atoms in total. The summed E-state index contributed by atoms with van der Waals surface area (Å²) in [6.45, 7) is 1.71. The van der Waals surface area contributed by atoms with Crippen LogP contribution in [0.4, 0.5) is 21.6 Å². The third-order valence-corrected chi connectivity index (χ3v) is 6.10. The number of fused-ring (bicyclic) bond motifs is 1. The number of para-hydroxylation sites is 1. The fraction of sp³-hybridized carbons (Fsp3) is 0.0741. The van der Waals surface area contributed by atoms with Crippen molar-refractivity contribution in [1.29, 1.82) is 0 Å². The minimum Gasteiger partial charge on any atom is -0.343 e. The molecule has 2 amide bonds. The van der Waals surface area contributed by atoms with E-state index in [2.05, 4.69) is 21.0 Å². The lowest BCUT2D eigenvalue weighted by molar-refractivity contribution is -0.113. The van der Waals surface area contributed by atoms with Gasteiger partial charge in [0.15, 0.2) is 0 Å². The molecule has 4 aromatic rings. The van der Waals surface area contributed by atoms with Crippen molar-refractivity contribution < 1.29 is 14.0 Å². The quantitative estimate of drug-likeness (QED) is 0.320. The predicted molar refractivity (Wildman–Crippen MR) is 138 cm³/mol. The van der Waals surface area contributed by atoms with Crippen molar-refractivity contribution >= 4 is 40.6 Å². The third kappa shape index (κ3) is 4.46. The van der Waals surface area contributed by atoms with Crippen molar-refractivity contribution in [1.82, 2.24) is 9.78 Å². The average Bonchev–Trinajstić information content (AvgIpc) is 3.29. The SMILES string of the molecule is CC1=C(C(=O)Nc2ccc(Cl)cc2)[C@H](c2ccccc2F)n2ncc(C(=O)Nc3ccccc3)c2N1. The van der Waals surface area contributed by atoms with E-state index in [1.165, 1.54) is 16.9 Å². The Bertz CT molecular complexity index is 1480. The first-order valence-corrected chi connectivity index (χ1v) is 11.5. The summed E-state index contributed by atoms with van der Waals surface area (Å²) >= 11 is 5.96. The van der Waals surface area contributed by atoms with Gasteiger partial charge >= 0.3 is 0 Å². The van der Waals surface area contributed by atoms with Gasteiger partial charge in [0.25, 0.3) is 11.8 Å². The molecule has 2 heterocycles. The molecule has 3 N–H and O–H groups in total. The number of allylic oxidation sites excluding steroid dienone is 1. The van der Waals surface area contributed by atoms with E-state index in [4.69, 9.17) is 11.6 Å². The number of amides is 2. The Morgan fingerprint density at radius 1 is 0.917 bits per heavy atom. The molecule has 1 aliphatic heterocycles. The van der Waals surface area contributed by atoms with Crippen LogP contribution in [0, 0.1) is 5.82 Å². The number of hydrogen-bond donors (Lipinski definition) is 3. The lowest BCUT2D eigenvalue weighted by Crippen LogP contribution is -2.32. The van der Waals surface area contributed by atoms with Crippen LogP contribution < -0.4 is 16.0 Å². The Morgan fingerprint density at radius 3 is 2.28 bits per heavy atom. The summed E-state index contributed by atoms with van der Waals surface area (Å²) in [6, 6.07) is 21.0. The van der Waals surface area contributed by atoms with Gasteiger partial charge in [-0.2, -0.15) is 5.10 Å². The molecule has 1 aliphatic rings. The van der Waals surface area contributed by atoms with Crippen LogP contribution in [0.2, 0.25) is 5.02 Å². The van der Waals surface area contributed by atoms with Gasteiger partial charge in [-0.1, -0.05) is 48.0 Å². The molecule has 0 bridgehead atoms. The van der Waals surface area contributed by atoms with Gasteiger partial charge in [-0.05, 0) is 49.4 Å². The number of halogens is 2. The molecule has 9 heteroatoms. The highest BCUT2D eigenvalue weighted by Gasteiger charge is 2.36. The zero-order valence-corrected chi connectivity index (χ0v) is 19.9. The molecular formula is C27H21ClFN5O2. The smallest absolute Gasteiger partial charge is 0.261 e. The molecule has 1 atom stereocenters. The van der Waals surface area contributed by atoms with Gasteiger partial charge < -0.3 is 16.0 Å². The number of carbonyl (C=O) groups is 2. The molecule has 0 spiro atoms. The Hall–Kier alpha value is -4.43. The molecular weight excluding hydrogens is 481 g/mol. The van der Waals surface area contributed by atoms with Crippen molar-refractivity contribution in [3.63, 3.8) is 0 Å². The topological polar surface area (TPSA) is 88.0 Å². The monoisotopic (exact) mass is 501 g/mol. The standard InChI is InChI=1S/C27H21ClFN5O2/c1-16-23(27(36)33-19-13-11-17(28)12-14-19)24(20-9-5-6-10-22(20)29)34-25(31-16)21(15-30-34)26(35)32-18-7-3-2-4-8-18/h2-15,24,31H,1H3,(H,32,35)(H,33,36)/t24-/m0/s1. The summed E-state index contributed by atoms with van der Waals surface area (Å²) in [6.07, 6.45) is 1.40. The Morgan fingerprint density at radius 2 is 1.56 bits per heavy atom. The van der Waals surface area contributed by atoms with Crippen molar-refractivity contribution in [2.24, 2.45) is 0 Å². The molecule has 180 valence electrons. The lowest BCUT2D eigenvalue weighted by Gasteiger charge is -2.30. The molecule has 0 saturated carbocycles. The second-order valence-electron chi connectivity index (χ2n) is 8.22. The molecule has 3 aromatic carbocycles. The largest absolute Gasteiger partial charge is 0.343 e. The van der Waals surface area contributed by atoms with Crippen molar-refractivity contribution in [2.75, 3.05) is 16.0 Å². The maximum atomic E-state index is 15.0. The van der Waals surface area contributed by atoms with Crippen LogP contribution in [-0.4, -0.2) is 21.6 Å². The Kier molecular flexibility index (Phi) is 6.26. The van der Waals surface area contributed by atoms with E-state index >= 15 is 4.39 Å². The fourth-order valence-electron chi connectivity index (χ4n) is 4.15. The Balaban J connectivity index is 1.55. The zero-order chi connectivity index (χ0) is 25.2. The first-order valence-electron chi connectivity index (χ1n) is 11.2. The van der Waals surface area contributed by atoms with Crippen LogP contribution in [0.3, 0.4) is 0 Å². The number of aromatic nitrogens is 2. The molecule has 0 fully saturated rings. The van der Waals surface area contributed by atoms with E-state index in [0.29, 0.717) is 27.9 Å². The average molecular weight is 502 g/mol. The van der Waals surface area contributed by atoms with Crippen LogP contribution in [0.25, 0.3) is 0 Å². The van der Waals surface area contributed by atoms with Gasteiger partial charge in [-0.15, -0.1) is 0 Å². The van der Waals surface area contributed by atoms with E-state index in [1.807, 2.05) is 18.2 Å². The molecule has 0 saturated heterocycles. The Labute approximate surface area is 211 Å². The number of anilines is 3. The predicted octanol–water partition coefficient (Wildman–Crippen LogP) is 5.86. The van der Waals surface area contributed by atoms with Crippen LogP contribution in [0.1, 0.15) is 28.9 Å². The maximum absolute atomic E-state index is 15.0. The zero-order valence-electron chi connectivity index (χ0n) is 19.1. The number of hydrogen-bond acceptors (Lipinski definition) is 4. The van der Waals surface area contributed by atoms with Gasteiger partial charge in [0.05, 0.1) is 11.8 Å². The molecule has 1 aromatic heterocycles. The van der Waals surface area contributed by atoms with Crippen LogP contribution in [0.5, 0.6) is 0 Å². The highest BCUT2D eigenvalue weighted by atomic mass is 35.5. The van der Waals surface area contributed by atoms with Gasteiger partial charge in [0.2, 0.25) is 0 Å². The number of nitrogens with one attached hydrogen (secondary N) is 3. The van der Waals surface area contributed by atoms with Crippen LogP contribution in [0.15, 0.2) is 96.3 Å². The maximum Gasteiger partial charge on any atom is 0.261 e. The van der Waals surface area contributed by atoms with Crippen molar-refractivity contribution in [3.05, 3.63) is 118 Å². The molecule has 36 heavy (non-hydrogen) atoms. The van der Waals surface area contributed by atoms with E-state index in [1.54, 1.807) is 61.5 Å². The second kappa shape index (κ2) is 9.67. The summed E-state index contributed by atoms with van der Waals surface area (Å²) in [5, 5.41) is 13.7.